The van der Waals surface area contributed by atoms with Crippen LogP contribution >= 0.6 is 0 Å². The van der Waals surface area contributed by atoms with Crippen molar-refractivity contribution in [1.29, 1.82) is 0 Å². The zero-order chi connectivity index (χ0) is 21.4. The molecular formula is C28H38Si. The zero-order valence-corrected chi connectivity index (χ0v) is 20.7. The fourth-order valence-electron chi connectivity index (χ4n) is 5.88. The van der Waals surface area contributed by atoms with Gasteiger partial charge in [0, 0.05) is 5.04 Å². The summed E-state index contributed by atoms with van der Waals surface area (Å²) in [7, 11) is -2.19. The Morgan fingerprint density at radius 2 is 1.38 bits per heavy atom. The second-order valence-electron chi connectivity index (χ2n) is 9.35. The van der Waals surface area contributed by atoms with E-state index in [0.29, 0.717) is 5.54 Å². The third-order valence-corrected chi connectivity index (χ3v) is 14.0. The lowest BCUT2D eigenvalue weighted by Crippen LogP contribution is -2.67. The summed E-state index contributed by atoms with van der Waals surface area (Å²) in [6.07, 6.45) is 4.80. The zero-order valence-electron chi connectivity index (χ0n) is 19.7. The molecular weight excluding hydrogens is 364 g/mol. The minimum atomic E-state index is -2.19. The summed E-state index contributed by atoms with van der Waals surface area (Å²) < 4.78 is 0. The predicted octanol–water partition coefficient (Wildman–Crippen LogP) is 6.84. The summed E-state index contributed by atoms with van der Waals surface area (Å²) in [5, 5.41) is 3.25. The molecule has 0 heterocycles. The lowest BCUT2D eigenvalue weighted by Gasteiger charge is -2.49. The normalized spacial score (nSPS) is 21.5. The fourth-order valence-corrected chi connectivity index (χ4v) is 12.7. The van der Waals surface area contributed by atoms with Gasteiger partial charge < -0.3 is 0 Å². The van der Waals surface area contributed by atoms with E-state index in [9.17, 15) is 0 Å². The van der Waals surface area contributed by atoms with E-state index in [2.05, 4.69) is 110 Å². The first kappa shape index (κ1) is 21.8. The summed E-state index contributed by atoms with van der Waals surface area (Å²) in [6.45, 7) is 19.1. The summed E-state index contributed by atoms with van der Waals surface area (Å²) in [4.78, 5) is 0. The highest BCUT2D eigenvalue weighted by molar-refractivity contribution is 7.06. The molecule has 29 heavy (non-hydrogen) atoms. The Morgan fingerprint density at radius 3 is 1.79 bits per heavy atom. The van der Waals surface area contributed by atoms with Crippen LogP contribution in [0.25, 0.3) is 0 Å². The van der Waals surface area contributed by atoms with E-state index < -0.39 is 8.07 Å². The molecule has 2 unspecified atom stereocenters. The van der Waals surface area contributed by atoms with Gasteiger partial charge in [-0.1, -0.05) is 111 Å². The molecule has 154 valence electrons. The van der Waals surface area contributed by atoms with Gasteiger partial charge in [-0.25, -0.2) is 0 Å². The molecule has 0 aliphatic heterocycles. The number of aryl methyl sites for hydroxylation is 2. The van der Waals surface area contributed by atoms with Crippen molar-refractivity contribution in [2.45, 2.75) is 78.8 Å². The third kappa shape index (κ3) is 3.28. The van der Waals surface area contributed by atoms with E-state index in [-0.39, 0.29) is 5.04 Å². The Balaban J connectivity index is 2.47. The van der Waals surface area contributed by atoms with Crippen LogP contribution in [-0.2, 0) is 12.8 Å². The Bertz CT molecular complexity index is 925. The molecule has 0 radical (unpaired) electrons. The average molecular weight is 403 g/mol. The molecule has 0 fully saturated rings. The number of benzene rings is 2. The lowest BCUT2D eigenvalue weighted by atomic mass is 10.0. The molecule has 0 nitrogen and oxygen atoms in total. The molecule has 3 rings (SSSR count). The van der Waals surface area contributed by atoms with Crippen molar-refractivity contribution in [3.05, 3.63) is 82.5 Å². The Morgan fingerprint density at radius 1 is 0.828 bits per heavy atom. The third-order valence-electron chi connectivity index (χ3n) is 7.68. The molecule has 0 saturated carbocycles. The van der Waals surface area contributed by atoms with Gasteiger partial charge in [-0.2, -0.15) is 0 Å². The maximum absolute atomic E-state index is 2.61. The van der Waals surface area contributed by atoms with Crippen molar-refractivity contribution in [2.75, 3.05) is 0 Å². The van der Waals surface area contributed by atoms with E-state index >= 15 is 0 Å². The summed E-state index contributed by atoms with van der Waals surface area (Å²) in [5.74, 6) is 0. The van der Waals surface area contributed by atoms with Gasteiger partial charge in [-0.15, -0.1) is 0 Å². The van der Waals surface area contributed by atoms with Crippen molar-refractivity contribution in [2.24, 2.45) is 0 Å². The number of rotatable bonds is 6. The average Bonchev–Trinajstić information content (AvgIpc) is 2.92. The van der Waals surface area contributed by atoms with Crippen LogP contribution in [0.15, 0.2) is 71.3 Å². The quantitative estimate of drug-likeness (QED) is 0.464. The van der Waals surface area contributed by atoms with Gasteiger partial charge in [0.1, 0.15) is 8.07 Å². The van der Waals surface area contributed by atoms with Gasteiger partial charge >= 0.3 is 0 Å². The van der Waals surface area contributed by atoms with Gasteiger partial charge in [-0.05, 0) is 55.9 Å². The molecule has 1 aliphatic rings. The number of hydrogen-bond donors (Lipinski definition) is 0. The largest absolute Gasteiger partial charge is 0.133 e. The molecule has 2 aromatic carbocycles. The maximum Gasteiger partial charge on any atom is 0.133 e. The van der Waals surface area contributed by atoms with Gasteiger partial charge in [0.25, 0.3) is 0 Å². The van der Waals surface area contributed by atoms with Crippen LogP contribution in [0, 0.1) is 0 Å². The van der Waals surface area contributed by atoms with Gasteiger partial charge in [0.2, 0.25) is 0 Å². The molecule has 0 spiro atoms. The SMILES string of the molecule is CCc1cc(CC)cc([Si](c2ccccc2)(C(C)C)C2(C)C=C(C)C(C)=C2C)c1. The van der Waals surface area contributed by atoms with E-state index in [0.717, 1.165) is 12.8 Å². The van der Waals surface area contributed by atoms with Gasteiger partial charge in [0.15, 0.2) is 0 Å². The molecule has 1 heteroatoms. The van der Waals surface area contributed by atoms with E-state index in [4.69, 9.17) is 0 Å². The number of allylic oxidation sites excluding steroid dienone is 4. The maximum atomic E-state index is 2.61. The van der Waals surface area contributed by atoms with Crippen molar-refractivity contribution in [1.82, 2.24) is 0 Å². The highest BCUT2D eigenvalue weighted by Crippen LogP contribution is 2.56. The van der Waals surface area contributed by atoms with Crippen molar-refractivity contribution >= 4 is 18.4 Å². The first-order valence-electron chi connectivity index (χ1n) is 11.3. The van der Waals surface area contributed by atoms with Crippen molar-refractivity contribution in [3.8, 4) is 0 Å². The van der Waals surface area contributed by atoms with Crippen LogP contribution in [0.4, 0.5) is 0 Å². The van der Waals surface area contributed by atoms with Crippen LogP contribution < -0.4 is 10.4 Å². The summed E-state index contributed by atoms with van der Waals surface area (Å²) in [5.41, 5.74) is 8.06. The van der Waals surface area contributed by atoms with Crippen LogP contribution in [-0.4, -0.2) is 8.07 Å². The van der Waals surface area contributed by atoms with Crippen LogP contribution in [0.3, 0.4) is 0 Å². The van der Waals surface area contributed by atoms with Crippen LogP contribution in [0.2, 0.25) is 10.6 Å². The molecule has 1 aliphatic carbocycles. The lowest BCUT2D eigenvalue weighted by molar-refractivity contribution is 0.819. The van der Waals surface area contributed by atoms with Crippen LogP contribution in [0.1, 0.15) is 66.5 Å². The van der Waals surface area contributed by atoms with E-state index in [1.807, 2.05) is 0 Å². The van der Waals surface area contributed by atoms with Gasteiger partial charge in [-0.3, -0.25) is 0 Å². The van der Waals surface area contributed by atoms with Crippen LogP contribution in [0.5, 0.6) is 0 Å². The standard InChI is InChI=1S/C28H38Si/c1-9-24-16-25(10-2)18-27(17-24)29(20(3)4,26-14-12-11-13-15-26)28(8)19-21(5)22(6)23(28)7/h11-20H,9-10H2,1-8H3. The van der Waals surface area contributed by atoms with Crippen molar-refractivity contribution in [3.63, 3.8) is 0 Å². The molecule has 2 aromatic rings. The Hall–Kier alpha value is -1.86. The fraction of sp³-hybridized carbons (Fsp3) is 0.429. The Labute approximate surface area is 179 Å². The van der Waals surface area contributed by atoms with Gasteiger partial charge in [0.05, 0.1) is 0 Å². The smallest absolute Gasteiger partial charge is 0.0733 e. The summed E-state index contributed by atoms with van der Waals surface area (Å²) in [6, 6.07) is 19.0. The number of hydrogen-bond acceptors (Lipinski definition) is 0. The van der Waals surface area contributed by atoms with Crippen molar-refractivity contribution < 1.29 is 0 Å². The highest BCUT2D eigenvalue weighted by Gasteiger charge is 2.56. The summed E-state index contributed by atoms with van der Waals surface area (Å²) >= 11 is 0. The first-order chi connectivity index (χ1) is 13.7. The molecule has 0 saturated heterocycles. The molecule has 0 amide bonds. The second kappa shape index (κ2) is 8.11. The molecule has 0 aromatic heterocycles. The van der Waals surface area contributed by atoms with E-state index in [1.165, 1.54) is 22.3 Å². The minimum Gasteiger partial charge on any atom is -0.0733 e. The first-order valence-corrected chi connectivity index (χ1v) is 13.4. The molecule has 0 bridgehead atoms. The topological polar surface area (TPSA) is 0 Å². The predicted molar refractivity (Wildman–Crippen MR) is 132 cm³/mol. The second-order valence-corrected chi connectivity index (χ2v) is 14.3. The van der Waals surface area contributed by atoms with E-state index in [1.54, 1.807) is 15.9 Å². The molecule has 2 atom stereocenters. The Kier molecular flexibility index (Phi) is 6.10. The minimum absolute atomic E-state index is 0.0774. The highest BCUT2D eigenvalue weighted by atomic mass is 28.3. The molecule has 0 N–H and O–H groups in total. The monoisotopic (exact) mass is 402 g/mol.